The van der Waals surface area contributed by atoms with E-state index < -0.39 is 0 Å². The van der Waals surface area contributed by atoms with Gasteiger partial charge in [0.15, 0.2) is 0 Å². The van der Waals surface area contributed by atoms with Crippen molar-refractivity contribution in [2.24, 2.45) is 23.7 Å². The highest BCUT2D eigenvalue weighted by molar-refractivity contribution is 5.84. The molecule has 1 saturated carbocycles. The topological polar surface area (TPSA) is 169 Å². The van der Waals surface area contributed by atoms with Crippen molar-refractivity contribution in [1.29, 1.82) is 0 Å². The molecular weight excluding hydrogens is 1030 g/mol. The summed E-state index contributed by atoms with van der Waals surface area (Å²) in [5, 5.41) is 0. The van der Waals surface area contributed by atoms with E-state index in [0.29, 0.717) is 50.9 Å². The van der Waals surface area contributed by atoms with Gasteiger partial charge in [-0.05, 0) is 83.0 Å². The molecule has 1 rings (SSSR count). The number of rotatable bonds is 47. The summed E-state index contributed by atoms with van der Waals surface area (Å²) in [4.78, 5) is 78.8. The van der Waals surface area contributed by atoms with Crippen molar-refractivity contribution in [3.05, 3.63) is 0 Å². The standard InChI is InChI=1S/C18H31NO4.2C14H28O2.C11H22O2.C9H20O.C3H6O/c1-2-3-4-5-6-7-13-23-18(22)15-19(11-12-20)14-17(21)16-9-8-10-16;1-6-11(5)12(7-2)10-13(8-3)16-14(15)9-4;1-4-6-7-8-9-10-11-16-14(15)12-13(3)5-2;1-3-5-6-7-8-9-10-13-11(12)4-2;1-3-4-5-6-7-8-9-10-2;1-3(2)4/h12,16H,2-11,13-15H2,1H3;11-13H,6-10H2,1-5H3;13H,4-12H2,1-3H3;3-10H2,1-2H3;3-9H2,1-2H3;1-2H3. The van der Waals surface area contributed by atoms with Gasteiger partial charge in [0.1, 0.15) is 24.0 Å². The predicted octanol–water partition coefficient (Wildman–Crippen LogP) is 18.2. The number of carbonyl (C=O) groups excluding carboxylic acids is 7. The summed E-state index contributed by atoms with van der Waals surface area (Å²) in [6.07, 6.45) is 40.6. The second-order valence-corrected chi connectivity index (χ2v) is 22.8. The van der Waals surface area contributed by atoms with Crippen LogP contribution in [-0.2, 0) is 57.2 Å². The normalized spacial score (nSPS) is 12.9. The lowest BCUT2D eigenvalue weighted by molar-refractivity contribution is -0.150. The van der Waals surface area contributed by atoms with E-state index in [1.807, 2.05) is 13.8 Å². The molecule has 1 fully saturated rings. The SMILES string of the molecule is CC(C)=O.CCC(=O)OC(CC)CC(CC)C(C)CC.CCCCCCCCOC.CCCCCCCCOC(=O)CC.CCCCCCCCOC(=O)CC(C)CC.CCCCCCCCOC(=O)CN(CC=O)CC(=O)C1CCC1. The maximum absolute atomic E-state index is 12.0. The van der Waals surface area contributed by atoms with E-state index in [1.54, 1.807) is 12.0 Å². The average molecular weight is 1170 g/mol. The molecule has 0 saturated heterocycles. The largest absolute Gasteiger partial charge is 0.466 e. The van der Waals surface area contributed by atoms with Gasteiger partial charge in [0.05, 0.1) is 39.5 Å². The Morgan fingerprint density at radius 1 is 0.488 bits per heavy atom. The lowest BCUT2D eigenvalue weighted by Gasteiger charge is -2.26. The second-order valence-electron chi connectivity index (χ2n) is 22.8. The smallest absolute Gasteiger partial charge is 0.320 e. The quantitative estimate of drug-likeness (QED) is 0.0244. The maximum Gasteiger partial charge on any atom is 0.320 e. The first-order chi connectivity index (χ1) is 39.4. The molecule has 1 aliphatic rings. The molecule has 0 bridgehead atoms. The van der Waals surface area contributed by atoms with E-state index in [4.69, 9.17) is 23.7 Å². The third kappa shape index (κ3) is 69.3. The first-order valence-electron chi connectivity index (χ1n) is 33.7. The summed E-state index contributed by atoms with van der Waals surface area (Å²) >= 11 is 0. The number of carbonyl (C=O) groups is 7. The van der Waals surface area contributed by atoms with Crippen molar-refractivity contribution >= 4 is 41.7 Å². The number of aldehydes is 1. The van der Waals surface area contributed by atoms with Crippen LogP contribution in [0.4, 0.5) is 0 Å². The molecule has 488 valence electrons. The Morgan fingerprint density at radius 3 is 1.23 bits per heavy atom. The van der Waals surface area contributed by atoms with Gasteiger partial charge in [0.2, 0.25) is 0 Å². The van der Waals surface area contributed by atoms with Crippen LogP contribution in [0.25, 0.3) is 0 Å². The van der Waals surface area contributed by atoms with Crippen LogP contribution in [0.2, 0.25) is 0 Å². The molecule has 0 amide bonds. The molecule has 0 heterocycles. The first-order valence-corrected chi connectivity index (χ1v) is 33.7. The molecule has 13 heteroatoms. The highest BCUT2D eigenvalue weighted by Gasteiger charge is 2.27. The van der Waals surface area contributed by atoms with E-state index in [0.717, 1.165) is 83.0 Å². The van der Waals surface area contributed by atoms with Gasteiger partial charge in [-0.3, -0.25) is 28.9 Å². The minimum atomic E-state index is -0.346. The first kappa shape index (κ1) is 87.6. The van der Waals surface area contributed by atoms with Gasteiger partial charge in [0.25, 0.3) is 0 Å². The monoisotopic (exact) mass is 1170 g/mol. The number of esters is 4. The molecule has 0 aliphatic heterocycles. The van der Waals surface area contributed by atoms with Crippen LogP contribution < -0.4 is 0 Å². The zero-order valence-electron chi connectivity index (χ0n) is 56.5. The fraction of sp³-hybridized carbons (Fsp3) is 0.899. The molecule has 0 radical (unpaired) electrons. The summed E-state index contributed by atoms with van der Waals surface area (Å²) < 4.78 is 25.7. The Morgan fingerprint density at radius 2 is 0.890 bits per heavy atom. The van der Waals surface area contributed by atoms with Gasteiger partial charge in [-0.15, -0.1) is 0 Å². The van der Waals surface area contributed by atoms with Crippen LogP contribution in [0.5, 0.6) is 0 Å². The number of ketones is 2. The van der Waals surface area contributed by atoms with E-state index >= 15 is 0 Å². The van der Waals surface area contributed by atoms with Crippen LogP contribution in [0.1, 0.15) is 322 Å². The van der Waals surface area contributed by atoms with Gasteiger partial charge >= 0.3 is 23.9 Å². The van der Waals surface area contributed by atoms with Gasteiger partial charge in [-0.1, -0.05) is 237 Å². The average Bonchev–Trinajstić information content (AvgIpc) is 3.44. The Labute approximate surface area is 506 Å². The fourth-order valence-electron chi connectivity index (χ4n) is 8.46. The second kappa shape index (κ2) is 70.3. The van der Waals surface area contributed by atoms with Gasteiger partial charge in [0, 0.05) is 38.9 Å². The number of methoxy groups -OCH3 is 1. The number of ether oxygens (including phenoxy) is 5. The molecule has 13 nitrogen and oxygen atoms in total. The molecule has 0 aromatic heterocycles. The van der Waals surface area contributed by atoms with Crippen molar-refractivity contribution in [2.75, 3.05) is 53.2 Å². The van der Waals surface area contributed by atoms with Crippen molar-refractivity contribution < 1.29 is 57.2 Å². The van der Waals surface area contributed by atoms with Crippen LogP contribution in [0.3, 0.4) is 0 Å². The molecular formula is C69H135NO12. The molecule has 0 N–H and O–H groups in total. The van der Waals surface area contributed by atoms with E-state index in [1.165, 1.54) is 155 Å². The number of hydrogen-bond acceptors (Lipinski definition) is 13. The molecule has 4 unspecified atom stereocenters. The van der Waals surface area contributed by atoms with Crippen molar-refractivity contribution in [1.82, 2.24) is 4.90 Å². The zero-order chi connectivity index (χ0) is 62.9. The Hall–Kier alpha value is -3.19. The minimum Gasteiger partial charge on any atom is -0.466 e. The van der Waals surface area contributed by atoms with Gasteiger partial charge < -0.3 is 33.3 Å². The zero-order valence-corrected chi connectivity index (χ0v) is 56.5. The lowest BCUT2D eigenvalue weighted by atomic mass is 9.82. The van der Waals surface area contributed by atoms with Gasteiger partial charge in [-0.25, -0.2) is 0 Å². The molecule has 0 aromatic carbocycles. The summed E-state index contributed by atoms with van der Waals surface area (Å²) in [5.41, 5.74) is 0. The summed E-state index contributed by atoms with van der Waals surface area (Å²) in [7, 11) is 1.77. The molecule has 0 aromatic rings. The Bertz CT molecular complexity index is 1410. The number of unbranched alkanes of at least 4 members (excludes halogenated alkanes) is 20. The lowest BCUT2D eigenvalue weighted by Crippen LogP contribution is -2.39. The predicted molar refractivity (Wildman–Crippen MR) is 342 cm³/mol. The molecule has 0 spiro atoms. The van der Waals surface area contributed by atoms with Crippen LogP contribution in [-0.4, -0.2) is 106 Å². The van der Waals surface area contributed by atoms with Crippen molar-refractivity contribution in [3.63, 3.8) is 0 Å². The van der Waals surface area contributed by atoms with Crippen molar-refractivity contribution in [2.45, 2.75) is 328 Å². The molecule has 82 heavy (non-hydrogen) atoms. The highest BCUT2D eigenvalue weighted by Crippen LogP contribution is 2.28. The van der Waals surface area contributed by atoms with Crippen molar-refractivity contribution in [3.8, 4) is 0 Å². The minimum absolute atomic E-state index is 0.0209. The highest BCUT2D eigenvalue weighted by atomic mass is 16.5. The number of Topliss-reactive ketones (excluding diaryl/α,β-unsaturated/α-hetero) is 2. The molecule has 1 aliphatic carbocycles. The van der Waals surface area contributed by atoms with Gasteiger partial charge in [-0.2, -0.15) is 0 Å². The fourth-order valence-corrected chi connectivity index (χ4v) is 8.46. The van der Waals surface area contributed by atoms with E-state index in [9.17, 15) is 33.6 Å². The number of nitrogens with zero attached hydrogens (tertiary/aromatic N) is 1. The summed E-state index contributed by atoms with van der Waals surface area (Å²) in [5.74, 6) is 1.78. The third-order valence-corrected chi connectivity index (χ3v) is 14.7. The Balaban J connectivity index is -0.000000303. The maximum atomic E-state index is 12.0. The molecule has 4 atom stereocenters. The summed E-state index contributed by atoms with van der Waals surface area (Å²) in [6.45, 7) is 31.5. The van der Waals surface area contributed by atoms with Crippen LogP contribution >= 0.6 is 0 Å². The van der Waals surface area contributed by atoms with Crippen LogP contribution in [0, 0.1) is 23.7 Å². The third-order valence-electron chi connectivity index (χ3n) is 14.7. The van der Waals surface area contributed by atoms with E-state index in [2.05, 4.69) is 69.2 Å². The van der Waals surface area contributed by atoms with Crippen LogP contribution in [0.15, 0.2) is 0 Å². The Kier molecular flexibility index (Phi) is 75.1. The van der Waals surface area contributed by atoms with E-state index in [-0.39, 0.29) is 67.1 Å². The number of hydrogen-bond donors (Lipinski definition) is 0. The summed E-state index contributed by atoms with van der Waals surface area (Å²) in [6, 6.07) is 0.